The molecule has 140 valence electrons. The molecular weight excluding hydrogens is 334 g/mol. The first-order chi connectivity index (χ1) is 12.5. The highest BCUT2D eigenvalue weighted by Gasteiger charge is 2.50. The first-order valence-electron chi connectivity index (χ1n) is 9.03. The Morgan fingerprint density at radius 2 is 2.08 bits per heavy atom. The van der Waals surface area contributed by atoms with Gasteiger partial charge in [-0.25, -0.2) is 4.79 Å². The molecular formula is C20H25NO5. The van der Waals surface area contributed by atoms with E-state index in [1.54, 1.807) is 7.11 Å². The molecule has 1 N–H and O–H groups in total. The van der Waals surface area contributed by atoms with Gasteiger partial charge in [-0.2, -0.15) is 5.26 Å². The van der Waals surface area contributed by atoms with E-state index in [2.05, 4.69) is 6.07 Å². The number of methoxy groups -OCH3 is 2. The van der Waals surface area contributed by atoms with Gasteiger partial charge >= 0.3 is 5.97 Å². The Morgan fingerprint density at radius 1 is 1.31 bits per heavy atom. The van der Waals surface area contributed by atoms with Crippen molar-refractivity contribution in [1.82, 2.24) is 0 Å². The van der Waals surface area contributed by atoms with Gasteiger partial charge in [0, 0.05) is 7.11 Å². The summed E-state index contributed by atoms with van der Waals surface area (Å²) in [6.45, 7) is 0.692. The third-order valence-electron chi connectivity index (χ3n) is 5.66. The van der Waals surface area contributed by atoms with Gasteiger partial charge < -0.3 is 19.3 Å². The summed E-state index contributed by atoms with van der Waals surface area (Å²) in [5.74, 6) is 0.385. The van der Waals surface area contributed by atoms with Crippen molar-refractivity contribution in [2.24, 2.45) is 11.8 Å². The fourth-order valence-electron chi connectivity index (χ4n) is 3.76. The lowest BCUT2D eigenvalue weighted by Crippen LogP contribution is -2.50. The van der Waals surface area contributed by atoms with Crippen molar-refractivity contribution in [3.05, 3.63) is 23.8 Å². The molecule has 26 heavy (non-hydrogen) atoms. The molecule has 3 unspecified atom stereocenters. The van der Waals surface area contributed by atoms with Crippen LogP contribution in [0.2, 0.25) is 0 Å². The summed E-state index contributed by atoms with van der Waals surface area (Å²) in [4.78, 5) is 11.7. The number of aliphatic carboxylic acids is 1. The number of rotatable bonds is 7. The molecule has 3 atom stereocenters. The summed E-state index contributed by atoms with van der Waals surface area (Å²) in [6.07, 6.45) is 3.83. The third kappa shape index (κ3) is 3.49. The predicted molar refractivity (Wildman–Crippen MR) is 94.3 cm³/mol. The number of nitriles is 1. The molecule has 0 heterocycles. The Labute approximate surface area is 153 Å². The molecule has 0 spiro atoms. The molecule has 2 saturated carbocycles. The molecule has 0 amide bonds. The van der Waals surface area contributed by atoms with Gasteiger partial charge in [0.2, 0.25) is 0 Å². The van der Waals surface area contributed by atoms with Crippen molar-refractivity contribution >= 4 is 5.97 Å². The van der Waals surface area contributed by atoms with E-state index >= 15 is 0 Å². The molecule has 2 aliphatic rings. The molecule has 0 saturated heterocycles. The number of hydrogen-bond donors (Lipinski definition) is 1. The van der Waals surface area contributed by atoms with Crippen molar-refractivity contribution in [1.29, 1.82) is 5.26 Å². The third-order valence-corrected chi connectivity index (χ3v) is 5.66. The molecule has 3 rings (SSSR count). The highest BCUT2D eigenvalue weighted by Crippen LogP contribution is 2.45. The topological polar surface area (TPSA) is 88.8 Å². The highest BCUT2D eigenvalue weighted by molar-refractivity contribution is 5.78. The average molecular weight is 359 g/mol. The Balaban J connectivity index is 1.79. The van der Waals surface area contributed by atoms with Crippen molar-refractivity contribution < 1.29 is 24.1 Å². The molecule has 6 nitrogen and oxygen atoms in total. The van der Waals surface area contributed by atoms with Crippen LogP contribution < -0.4 is 9.47 Å². The Hall–Kier alpha value is -2.26. The van der Waals surface area contributed by atoms with Crippen LogP contribution in [0.5, 0.6) is 11.5 Å². The summed E-state index contributed by atoms with van der Waals surface area (Å²) in [5, 5.41) is 19.1. The maximum Gasteiger partial charge on any atom is 0.337 e. The van der Waals surface area contributed by atoms with Gasteiger partial charge in [-0.05, 0) is 61.6 Å². The Morgan fingerprint density at radius 3 is 2.65 bits per heavy atom. The minimum absolute atomic E-state index is 0.0939. The van der Waals surface area contributed by atoms with Crippen LogP contribution in [-0.2, 0) is 9.53 Å². The quantitative estimate of drug-likeness (QED) is 0.803. The van der Waals surface area contributed by atoms with Crippen LogP contribution in [0, 0.1) is 23.2 Å². The maximum atomic E-state index is 11.7. The second-order valence-corrected chi connectivity index (χ2v) is 7.22. The van der Waals surface area contributed by atoms with E-state index in [1.165, 1.54) is 20.0 Å². The lowest BCUT2D eigenvalue weighted by Gasteiger charge is -2.39. The number of carboxylic acid groups (broad SMARTS) is 1. The first-order valence-corrected chi connectivity index (χ1v) is 9.03. The molecule has 1 aromatic rings. The van der Waals surface area contributed by atoms with Crippen molar-refractivity contribution in [3.8, 4) is 17.6 Å². The summed E-state index contributed by atoms with van der Waals surface area (Å²) >= 11 is 0. The van der Waals surface area contributed by atoms with E-state index in [0.717, 1.165) is 5.56 Å². The van der Waals surface area contributed by atoms with Crippen molar-refractivity contribution in [3.63, 3.8) is 0 Å². The normalized spacial score (nSPS) is 28.2. The highest BCUT2D eigenvalue weighted by atomic mass is 16.5. The van der Waals surface area contributed by atoms with Gasteiger partial charge in [0.15, 0.2) is 17.1 Å². The first kappa shape index (κ1) is 18.5. The Bertz CT molecular complexity index is 709. The summed E-state index contributed by atoms with van der Waals surface area (Å²) in [5.41, 5.74) is -0.366. The van der Waals surface area contributed by atoms with Crippen LogP contribution in [0.25, 0.3) is 0 Å². The number of ether oxygens (including phenoxy) is 3. The van der Waals surface area contributed by atoms with E-state index < -0.39 is 17.5 Å². The second kappa shape index (κ2) is 7.55. The smallest absolute Gasteiger partial charge is 0.337 e. The summed E-state index contributed by atoms with van der Waals surface area (Å²) in [7, 11) is 2.99. The predicted octanol–water partition coefficient (Wildman–Crippen LogP) is 3.36. The molecule has 0 bridgehead atoms. The fraction of sp³-hybridized carbons (Fsp3) is 0.600. The van der Waals surface area contributed by atoms with Crippen LogP contribution in [-0.4, -0.2) is 37.5 Å². The lowest BCUT2D eigenvalue weighted by atomic mass is 9.69. The van der Waals surface area contributed by atoms with E-state index in [4.69, 9.17) is 14.2 Å². The number of benzene rings is 1. The summed E-state index contributed by atoms with van der Waals surface area (Å²) < 4.78 is 16.6. The standard InChI is InChI=1S/C20H25NO5/c1-24-17-6-5-14(10-18(17)26-12-13-3-4-13)15-7-8-20(25-2,19(22)23)16(9-15)11-21/h5-6,10,13,15-16H,3-4,7-9,12H2,1-2H3,(H,22,23). The lowest BCUT2D eigenvalue weighted by molar-refractivity contribution is -0.171. The number of carbonyl (C=O) groups is 1. The second-order valence-electron chi connectivity index (χ2n) is 7.22. The molecule has 0 radical (unpaired) electrons. The minimum Gasteiger partial charge on any atom is -0.493 e. The van der Waals surface area contributed by atoms with Gasteiger partial charge in [0.25, 0.3) is 0 Å². The molecule has 2 fully saturated rings. The zero-order valence-electron chi connectivity index (χ0n) is 15.2. The van der Waals surface area contributed by atoms with Crippen LogP contribution in [0.15, 0.2) is 18.2 Å². The van der Waals surface area contributed by atoms with E-state index in [1.807, 2.05) is 18.2 Å². The molecule has 6 heteroatoms. The van der Waals surface area contributed by atoms with Gasteiger partial charge in [0.05, 0.1) is 25.7 Å². The van der Waals surface area contributed by atoms with Gasteiger partial charge in [0.1, 0.15) is 0 Å². The van der Waals surface area contributed by atoms with Crippen LogP contribution >= 0.6 is 0 Å². The SMILES string of the molecule is COc1ccc(C2CCC(OC)(C(=O)O)C(C#N)C2)cc1OCC1CC1. The van der Waals surface area contributed by atoms with E-state index in [-0.39, 0.29) is 5.92 Å². The fourth-order valence-corrected chi connectivity index (χ4v) is 3.76. The van der Waals surface area contributed by atoms with Crippen molar-refractivity contribution in [2.75, 3.05) is 20.8 Å². The molecule has 0 aromatic heterocycles. The number of carboxylic acids is 1. The number of nitrogens with zero attached hydrogens (tertiary/aromatic N) is 1. The largest absolute Gasteiger partial charge is 0.493 e. The maximum absolute atomic E-state index is 11.7. The molecule has 2 aliphatic carbocycles. The molecule has 1 aromatic carbocycles. The minimum atomic E-state index is -1.41. The van der Waals surface area contributed by atoms with Crippen LogP contribution in [0.3, 0.4) is 0 Å². The van der Waals surface area contributed by atoms with Crippen molar-refractivity contribution in [2.45, 2.75) is 43.6 Å². The summed E-state index contributed by atoms with van der Waals surface area (Å²) in [6, 6.07) is 7.98. The zero-order valence-corrected chi connectivity index (χ0v) is 15.2. The van der Waals surface area contributed by atoms with Crippen LogP contribution in [0.1, 0.15) is 43.6 Å². The average Bonchev–Trinajstić information content (AvgIpc) is 3.49. The van der Waals surface area contributed by atoms with Gasteiger partial charge in [-0.1, -0.05) is 6.07 Å². The zero-order chi connectivity index (χ0) is 18.7. The Kier molecular flexibility index (Phi) is 5.38. The molecule has 0 aliphatic heterocycles. The van der Waals surface area contributed by atoms with Gasteiger partial charge in [-0.15, -0.1) is 0 Å². The number of hydrogen-bond acceptors (Lipinski definition) is 5. The van der Waals surface area contributed by atoms with Gasteiger partial charge in [-0.3, -0.25) is 0 Å². The monoisotopic (exact) mass is 359 g/mol. The van der Waals surface area contributed by atoms with E-state index in [0.29, 0.717) is 43.3 Å². The van der Waals surface area contributed by atoms with E-state index in [9.17, 15) is 15.2 Å². The van der Waals surface area contributed by atoms with Crippen LogP contribution in [0.4, 0.5) is 0 Å².